The molecule has 0 atom stereocenters. The lowest BCUT2D eigenvalue weighted by molar-refractivity contribution is 0.192. The molecule has 0 saturated carbocycles. The van der Waals surface area contributed by atoms with Crippen LogP contribution in [-0.2, 0) is 4.74 Å². The van der Waals surface area contributed by atoms with E-state index in [9.17, 15) is 0 Å². The van der Waals surface area contributed by atoms with E-state index in [4.69, 9.17) is 4.74 Å². The standard InChI is InChI=1S/C7H16NO/c1-3-8-6-4-5-7-9-2/h3-7H2,1-2H3. The molecular weight excluding hydrogens is 114 g/mol. The number of nitrogens with zero attached hydrogens (tertiary/aromatic N) is 1. The van der Waals surface area contributed by atoms with E-state index < -0.39 is 0 Å². The smallest absolute Gasteiger partial charge is 0.0462 e. The minimum absolute atomic E-state index is 0.874. The molecule has 0 aromatic rings. The SMILES string of the molecule is CC[N]CCCCOC. The summed E-state index contributed by atoms with van der Waals surface area (Å²) >= 11 is 0. The number of hydrogen-bond acceptors (Lipinski definition) is 1. The number of hydrogen-bond donors (Lipinski definition) is 0. The average molecular weight is 130 g/mol. The summed E-state index contributed by atoms with van der Waals surface area (Å²) in [4.78, 5) is 0. The zero-order valence-electron chi connectivity index (χ0n) is 6.39. The fourth-order valence-electron chi connectivity index (χ4n) is 0.628. The Morgan fingerprint density at radius 2 is 2.11 bits per heavy atom. The van der Waals surface area contributed by atoms with Crippen LogP contribution in [0.4, 0.5) is 0 Å². The molecule has 2 nitrogen and oxygen atoms in total. The molecule has 0 saturated heterocycles. The van der Waals surface area contributed by atoms with Gasteiger partial charge in [-0.15, -0.1) is 0 Å². The van der Waals surface area contributed by atoms with E-state index in [0.717, 1.165) is 26.1 Å². The van der Waals surface area contributed by atoms with Gasteiger partial charge in [0, 0.05) is 26.8 Å². The molecule has 0 bridgehead atoms. The predicted molar refractivity (Wildman–Crippen MR) is 38.7 cm³/mol. The zero-order chi connectivity index (χ0) is 6.95. The molecule has 0 aliphatic rings. The van der Waals surface area contributed by atoms with Gasteiger partial charge < -0.3 is 4.74 Å². The van der Waals surface area contributed by atoms with Crippen LogP contribution in [0.25, 0.3) is 0 Å². The molecule has 0 fully saturated rings. The minimum Gasteiger partial charge on any atom is -0.385 e. The van der Waals surface area contributed by atoms with Gasteiger partial charge in [-0.25, -0.2) is 5.32 Å². The van der Waals surface area contributed by atoms with Crippen LogP contribution in [-0.4, -0.2) is 26.8 Å². The van der Waals surface area contributed by atoms with E-state index in [2.05, 4.69) is 12.2 Å². The molecule has 0 N–H and O–H groups in total. The van der Waals surface area contributed by atoms with Crippen molar-refractivity contribution < 1.29 is 4.74 Å². The second-order valence-corrected chi connectivity index (χ2v) is 1.96. The largest absolute Gasteiger partial charge is 0.385 e. The lowest BCUT2D eigenvalue weighted by Gasteiger charge is -1.97. The van der Waals surface area contributed by atoms with E-state index in [1.54, 1.807) is 7.11 Å². The van der Waals surface area contributed by atoms with Gasteiger partial charge in [-0.05, 0) is 12.8 Å². The second-order valence-electron chi connectivity index (χ2n) is 1.96. The molecule has 0 aromatic heterocycles. The van der Waals surface area contributed by atoms with Crippen LogP contribution in [0.15, 0.2) is 0 Å². The van der Waals surface area contributed by atoms with Gasteiger partial charge in [-0.3, -0.25) is 0 Å². The molecule has 0 rings (SSSR count). The summed E-state index contributed by atoms with van der Waals surface area (Å²) in [6, 6.07) is 0. The third kappa shape index (κ3) is 7.92. The van der Waals surface area contributed by atoms with Crippen molar-refractivity contribution in [2.45, 2.75) is 19.8 Å². The van der Waals surface area contributed by atoms with E-state index in [1.807, 2.05) is 0 Å². The fraction of sp³-hybridized carbons (Fsp3) is 1.00. The highest BCUT2D eigenvalue weighted by atomic mass is 16.5. The Kier molecular flexibility index (Phi) is 7.85. The van der Waals surface area contributed by atoms with E-state index in [-0.39, 0.29) is 0 Å². The van der Waals surface area contributed by atoms with Gasteiger partial charge in [-0.1, -0.05) is 6.92 Å². The van der Waals surface area contributed by atoms with Gasteiger partial charge in [-0.2, -0.15) is 0 Å². The van der Waals surface area contributed by atoms with Crippen molar-refractivity contribution in [1.29, 1.82) is 0 Å². The summed E-state index contributed by atoms with van der Waals surface area (Å²) in [5.74, 6) is 0. The molecule has 0 amide bonds. The van der Waals surface area contributed by atoms with E-state index >= 15 is 0 Å². The molecular formula is C7H16NO. The molecule has 2 heteroatoms. The van der Waals surface area contributed by atoms with Gasteiger partial charge in [0.2, 0.25) is 0 Å². The molecule has 0 unspecified atom stereocenters. The first-order valence-corrected chi connectivity index (χ1v) is 3.54. The Balaban J connectivity index is 2.60. The summed E-state index contributed by atoms with van der Waals surface area (Å²) in [5.41, 5.74) is 0. The van der Waals surface area contributed by atoms with Crippen molar-refractivity contribution >= 4 is 0 Å². The van der Waals surface area contributed by atoms with Crippen LogP contribution in [0.2, 0.25) is 0 Å². The number of methoxy groups -OCH3 is 1. The number of rotatable bonds is 6. The summed E-state index contributed by atoms with van der Waals surface area (Å²) < 4.78 is 4.88. The van der Waals surface area contributed by atoms with Crippen LogP contribution in [0, 0.1) is 0 Å². The van der Waals surface area contributed by atoms with Crippen LogP contribution < -0.4 is 5.32 Å². The highest BCUT2D eigenvalue weighted by Gasteiger charge is 1.85. The molecule has 9 heavy (non-hydrogen) atoms. The summed E-state index contributed by atoms with van der Waals surface area (Å²) in [6.45, 7) is 4.89. The van der Waals surface area contributed by atoms with Crippen LogP contribution in [0.5, 0.6) is 0 Å². The van der Waals surface area contributed by atoms with E-state index in [0.29, 0.717) is 0 Å². The quantitative estimate of drug-likeness (QED) is 0.493. The lowest BCUT2D eigenvalue weighted by atomic mass is 10.3. The summed E-state index contributed by atoms with van der Waals surface area (Å²) in [5, 5.41) is 4.19. The third-order valence-electron chi connectivity index (χ3n) is 1.14. The molecule has 1 radical (unpaired) electrons. The number of unbranched alkanes of at least 4 members (excludes halogenated alkanes) is 1. The Labute approximate surface area is 57.6 Å². The zero-order valence-corrected chi connectivity index (χ0v) is 6.39. The van der Waals surface area contributed by atoms with Gasteiger partial charge >= 0.3 is 0 Å². The molecule has 0 spiro atoms. The number of ether oxygens (including phenoxy) is 1. The Morgan fingerprint density at radius 1 is 1.33 bits per heavy atom. The molecule has 55 valence electrons. The predicted octanol–water partition coefficient (Wildman–Crippen LogP) is 1.04. The topological polar surface area (TPSA) is 23.3 Å². The molecule has 0 heterocycles. The maximum absolute atomic E-state index is 4.88. The normalized spacial score (nSPS) is 10.0. The monoisotopic (exact) mass is 130 g/mol. The fourth-order valence-corrected chi connectivity index (χ4v) is 0.628. The van der Waals surface area contributed by atoms with Crippen LogP contribution >= 0.6 is 0 Å². The Hall–Kier alpha value is -0.0800. The first-order valence-electron chi connectivity index (χ1n) is 3.54. The van der Waals surface area contributed by atoms with Crippen molar-refractivity contribution in [3.05, 3.63) is 0 Å². The molecule has 0 aromatic carbocycles. The van der Waals surface area contributed by atoms with Gasteiger partial charge in [0.25, 0.3) is 0 Å². The summed E-state index contributed by atoms with van der Waals surface area (Å²) in [6.07, 6.45) is 2.31. The minimum atomic E-state index is 0.874. The Morgan fingerprint density at radius 3 is 2.67 bits per heavy atom. The average Bonchev–Trinajstić information content (AvgIpc) is 1.89. The molecule has 0 aliphatic carbocycles. The van der Waals surface area contributed by atoms with Crippen molar-refractivity contribution in [3.8, 4) is 0 Å². The van der Waals surface area contributed by atoms with Crippen molar-refractivity contribution in [2.24, 2.45) is 0 Å². The van der Waals surface area contributed by atoms with Crippen molar-refractivity contribution in [1.82, 2.24) is 5.32 Å². The molecule has 0 aliphatic heterocycles. The summed E-state index contributed by atoms with van der Waals surface area (Å²) in [7, 11) is 1.73. The highest BCUT2D eigenvalue weighted by molar-refractivity contribution is 4.42. The maximum atomic E-state index is 4.88. The first-order chi connectivity index (χ1) is 4.41. The first kappa shape index (κ1) is 8.92. The van der Waals surface area contributed by atoms with Crippen LogP contribution in [0.1, 0.15) is 19.8 Å². The third-order valence-corrected chi connectivity index (χ3v) is 1.14. The van der Waals surface area contributed by atoms with Gasteiger partial charge in [0.1, 0.15) is 0 Å². The van der Waals surface area contributed by atoms with E-state index in [1.165, 1.54) is 6.42 Å². The van der Waals surface area contributed by atoms with Gasteiger partial charge in [0.15, 0.2) is 0 Å². The van der Waals surface area contributed by atoms with Gasteiger partial charge in [0.05, 0.1) is 0 Å². The van der Waals surface area contributed by atoms with Crippen LogP contribution in [0.3, 0.4) is 0 Å². The lowest BCUT2D eigenvalue weighted by Crippen LogP contribution is -2.05. The van der Waals surface area contributed by atoms with Crippen molar-refractivity contribution in [3.63, 3.8) is 0 Å². The maximum Gasteiger partial charge on any atom is 0.0462 e. The highest BCUT2D eigenvalue weighted by Crippen LogP contribution is 1.86. The second kappa shape index (κ2) is 7.92. The van der Waals surface area contributed by atoms with Crippen molar-refractivity contribution in [2.75, 3.05) is 26.8 Å². The Bertz CT molecular complexity index is 42.2.